The van der Waals surface area contributed by atoms with Crippen LogP contribution in [0.3, 0.4) is 0 Å². The highest BCUT2D eigenvalue weighted by Crippen LogP contribution is 2.48. The van der Waals surface area contributed by atoms with E-state index in [2.05, 4.69) is 0 Å². The molecule has 2 aliphatic rings. The SMILES string of the molecule is CCC1=C(C)C2=C(c3cc(F)c(OC)c(OC)c3)c3c(C)c(CC)c(C)n3[B-](F)(F)[N+]2=C1C. The van der Waals surface area contributed by atoms with Crippen molar-refractivity contribution in [3.05, 3.63) is 62.9 Å². The van der Waals surface area contributed by atoms with Crippen LogP contribution >= 0.6 is 0 Å². The quantitative estimate of drug-likeness (QED) is 0.512. The lowest BCUT2D eigenvalue weighted by molar-refractivity contribution is -0.363. The lowest BCUT2D eigenvalue weighted by Gasteiger charge is -2.34. The maximum atomic E-state index is 16.3. The van der Waals surface area contributed by atoms with Crippen molar-refractivity contribution in [2.45, 2.75) is 54.4 Å². The Bertz CT molecular complexity index is 1290. The van der Waals surface area contributed by atoms with Crippen LogP contribution in [-0.4, -0.2) is 35.9 Å². The molecule has 0 fully saturated rings. The van der Waals surface area contributed by atoms with Crippen molar-refractivity contribution in [3.8, 4) is 11.5 Å². The second kappa shape index (κ2) is 7.85. The molecule has 0 unspecified atom stereocenters. The number of allylic oxidation sites excluding steroid dienone is 2. The van der Waals surface area contributed by atoms with Gasteiger partial charge in [-0.3, -0.25) is 0 Å². The van der Waals surface area contributed by atoms with Crippen LogP contribution in [0.25, 0.3) is 5.57 Å². The van der Waals surface area contributed by atoms with E-state index >= 15 is 13.0 Å². The minimum Gasteiger partial charge on any atom is -0.493 e. The third-order valence-electron chi connectivity index (χ3n) is 7.22. The number of methoxy groups -OCH3 is 2. The number of fused-ring (bicyclic) bond motifs is 2. The Morgan fingerprint density at radius 1 is 1.00 bits per heavy atom. The molecule has 1 aromatic carbocycles. The van der Waals surface area contributed by atoms with Crippen LogP contribution in [0.1, 0.15) is 62.2 Å². The summed E-state index contributed by atoms with van der Waals surface area (Å²) in [5, 5.41) is 0. The smallest absolute Gasteiger partial charge is 0.493 e. The summed E-state index contributed by atoms with van der Waals surface area (Å²) < 4.78 is 60.5. The van der Waals surface area contributed by atoms with Crippen molar-refractivity contribution in [1.29, 1.82) is 0 Å². The van der Waals surface area contributed by atoms with Gasteiger partial charge in [0, 0.05) is 23.8 Å². The van der Waals surface area contributed by atoms with Crippen LogP contribution in [0.5, 0.6) is 11.5 Å². The van der Waals surface area contributed by atoms with Crippen molar-refractivity contribution >= 4 is 18.3 Å². The summed E-state index contributed by atoms with van der Waals surface area (Å²) in [4.78, 5) is 0. The Balaban J connectivity index is 2.23. The summed E-state index contributed by atoms with van der Waals surface area (Å²) in [5.41, 5.74) is 6.41. The highest BCUT2D eigenvalue weighted by atomic mass is 19.2. The van der Waals surface area contributed by atoms with Crippen LogP contribution in [0, 0.1) is 19.7 Å². The number of halogens is 3. The second-order valence-electron chi connectivity index (χ2n) is 8.68. The molecule has 0 saturated carbocycles. The molecule has 3 heterocycles. The zero-order valence-corrected chi connectivity index (χ0v) is 20.5. The standard InChI is InChI=1S/C25H30BF3N2O2/c1-9-18-13(3)23-22(17-11-20(27)25(33-8)21(12-17)32-7)24-14(4)19(10-2)16(6)31(24)26(28,29)30(23)15(18)5/h11-12H,9-10H2,1-8H3. The molecule has 0 aliphatic carbocycles. The predicted octanol–water partition coefficient (Wildman–Crippen LogP) is 6.03. The zero-order valence-electron chi connectivity index (χ0n) is 20.5. The monoisotopic (exact) mass is 458 g/mol. The van der Waals surface area contributed by atoms with Gasteiger partial charge in [0.1, 0.15) is 5.71 Å². The van der Waals surface area contributed by atoms with E-state index in [1.807, 2.05) is 27.7 Å². The maximum Gasteiger partial charge on any atom is 0.737 e. The topological polar surface area (TPSA) is 26.4 Å². The lowest BCUT2D eigenvalue weighted by Crippen LogP contribution is -2.51. The van der Waals surface area contributed by atoms with Crippen LogP contribution in [-0.2, 0) is 6.42 Å². The van der Waals surface area contributed by atoms with E-state index in [-0.39, 0.29) is 11.5 Å². The number of benzene rings is 1. The minimum atomic E-state index is -4.13. The van der Waals surface area contributed by atoms with E-state index in [1.54, 1.807) is 19.9 Å². The first-order chi connectivity index (χ1) is 15.6. The van der Waals surface area contributed by atoms with Gasteiger partial charge in [0.15, 0.2) is 23.0 Å². The molecule has 1 aromatic heterocycles. The molecule has 33 heavy (non-hydrogen) atoms. The van der Waals surface area contributed by atoms with Crippen LogP contribution in [0.15, 0.2) is 29.0 Å². The maximum absolute atomic E-state index is 16.3. The summed E-state index contributed by atoms with van der Waals surface area (Å²) in [7, 11) is 2.81. The predicted molar refractivity (Wildman–Crippen MR) is 126 cm³/mol. The minimum absolute atomic E-state index is 0.0118. The molecule has 0 N–H and O–H groups in total. The third kappa shape index (κ3) is 2.95. The molecule has 8 heteroatoms. The molecule has 4 rings (SSSR count). The van der Waals surface area contributed by atoms with E-state index in [0.717, 1.165) is 22.3 Å². The molecule has 4 nitrogen and oxygen atoms in total. The molecule has 0 amide bonds. The lowest BCUT2D eigenvalue weighted by atomic mass is 9.83. The van der Waals surface area contributed by atoms with Crippen LogP contribution in [0.4, 0.5) is 13.0 Å². The first-order valence-corrected chi connectivity index (χ1v) is 11.3. The Hall–Kier alpha value is -2.90. The Kier molecular flexibility index (Phi) is 5.54. The summed E-state index contributed by atoms with van der Waals surface area (Å²) in [5.74, 6) is -0.398. The molecular weight excluding hydrogens is 428 g/mol. The van der Waals surface area contributed by atoms with Gasteiger partial charge in [0.05, 0.1) is 19.8 Å². The number of hydrogen-bond acceptors (Lipinski definition) is 2. The molecule has 0 radical (unpaired) electrons. The fourth-order valence-corrected chi connectivity index (χ4v) is 5.81. The van der Waals surface area contributed by atoms with E-state index in [0.29, 0.717) is 46.8 Å². The molecule has 0 spiro atoms. The van der Waals surface area contributed by atoms with Gasteiger partial charge in [-0.2, -0.15) is 0 Å². The highest BCUT2D eigenvalue weighted by molar-refractivity contribution is 6.58. The molecule has 176 valence electrons. The van der Waals surface area contributed by atoms with Crippen molar-refractivity contribution in [2.75, 3.05) is 14.2 Å². The van der Waals surface area contributed by atoms with Crippen molar-refractivity contribution in [3.63, 3.8) is 0 Å². The Morgan fingerprint density at radius 3 is 2.21 bits per heavy atom. The summed E-state index contributed by atoms with van der Waals surface area (Å²) >= 11 is 0. The van der Waals surface area contributed by atoms with E-state index in [9.17, 15) is 0 Å². The zero-order chi connectivity index (χ0) is 24.4. The average molecular weight is 458 g/mol. The van der Waals surface area contributed by atoms with Crippen molar-refractivity contribution in [2.24, 2.45) is 0 Å². The van der Waals surface area contributed by atoms with Gasteiger partial charge in [0.2, 0.25) is 0 Å². The van der Waals surface area contributed by atoms with Gasteiger partial charge in [-0.25, -0.2) is 4.39 Å². The second-order valence-corrected chi connectivity index (χ2v) is 8.68. The number of ether oxygens (including phenoxy) is 2. The van der Waals surface area contributed by atoms with E-state index < -0.39 is 12.8 Å². The number of aromatic nitrogens is 1. The van der Waals surface area contributed by atoms with Crippen LogP contribution in [0.2, 0.25) is 0 Å². The first kappa shape index (κ1) is 23.3. The molecule has 0 bridgehead atoms. The number of rotatable bonds is 5. The van der Waals surface area contributed by atoms with E-state index in [4.69, 9.17) is 9.47 Å². The number of hydrogen-bond donors (Lipinski definition) is 0. The normalized spacial score (nSPS) is 17.1. The van der Waals surface area contributed by atoms with Gasteiger partial charge in [0.25, 0.3) is 0 Å². The molecule has 0 atom stereocenters. The van der Waals surface area contributed by atoms with Crippen molar-refractivity contribution < 1.29 is 27.0 Å². The van der Waals surface area contributed by atoms with E-state index in [1.165, 1.54) is 29.3 Å². The summed E-state index contributed by atoms with van der Waals surface area (Å²) in [6.45, 7) is 7.05. The molecule has 2 aliphatic heterocycles. The summed E-state index contributed by atoms with van der Waals surface area (Å²) in [6.07, 6.45) is 1.26. The van der Waals surface area contributed by atoms with Gasteiger partial charge < -0.3 is 27.1 Å². The Labute approximate surface area is 193 Å². The Morgan fingerprint density at radius 2 is 1.67 bits per heavy atom. The largest absolute Gasteiger partial charge is 0.737 e. The van der Waals surface area contributed by atoms with Crippen LogP contribution < -0.4 is 9.47 Å². The third-order valence-corrected chi connectivity index (χ3v) is 7.22. The summed E-state index contributed by atoms with van der Waals surface area (Å²) in [6, 6.07) is 3.02. The van der Waals surface area contributed by atoms with Gasteiger partial charge >= 0.3 is 6.97 Å². The first-order valence-electron chi connectivity index (χ1n) is 11.3. The highest BCUT2D eigenvalue weighted by Gasteiger charge is 2.56. The van der Waals surface area contributed by atoms with Gasteiger partial charge in [-0.1, -0.05) is 13.8 Å². The average Bonchev–Trinajstić information content (AvgIpc) is 3.18. The fourth-order valence-electron chi connectivity index (χ4n) is 5.81. The fraction of sp³-hybridized carbons (Fsp3) is 0.400. The van der Waals surface area contributed by atoms with Gasteiger partial charge in [-0.05, 0) is 68.1 Å². The van der Waals surface area contributed by atoms with Gasteiger partial charge in [-0.15, -0.1) is 0 Å². The number of nitrogens with zero attached hydrogens (tertiary/aromatic N) is 2. The molecule has 2 aromatic rings. The van der Waals surface area contributed by atoms with Crippen molar-refractivity contribution in [1.82, 2.24) is 4.48 Å². The molecular formula is C25H30BF3N2O2. The molecule has 0 saturated heterocycles.